The lowest BCUT2D eigenvalue weighted by atomic mass is 10.2. The summed E-state index contributed by atoms with van der Waals surface area (Å²) < 4.78 is 0. The molecule has 0 radical (unpaired) electrons. The monoisotopic (exact) mass is 188 g/mol. The number of urea groups is 2. The molecule has 0 aromatic heterocycles. The van der Waals surface area contributed by atoms with E-state index < -0.39 is 18.2 Å². The van der Waals surface area contributed by atoms with Gasteiger partial charge in [-0.1, -0.05) is 13.3 Å². The van der Waals surface area contributed by atoms with Crippen LogP contribution in [0.15, 0.2) is 0 Å². The van der Waals surface area contributed by atoms with Crippen LogP contribution in [-0.2, 0) is 0 Å². The van der Waals surface area contributed by atoms with E-state index in [0.717, 1.165) is 12.8 Å². The number of carbonyl (C=O) groups is 2. The van der Waals surface area contributed by atoms with Crippen LogP contribution in [0.25, 0.3) is 0 Å². The Kier molecular flexibility index (Phi) is 5.42. The smallest absolute Gasteiger partial charge is 0.313 e. The first-order valence-electron chi connectivity index (χ1n) is 4.18. The highest BCUT2D eigenvalue weighted by Crippen LogP contribution is 1.97. The summed E-state index contributed by atoms with van der Waals surface area (Å²) in [6.45, 7) is 2.01. The molecule has 4 amide bonds. The molecule has 0 heterocycles. The normalized spacial score (nSPS) is 9.69. The molecule has 6 N–H and O–H groups in total. The SMILES string of the molecule is CCCCC(NC(N)=O)NC(N)=O. The van der Waals surface area contributed by atoms with Crippen molar-refractivity contribution in [3.8, 4) is 0 Å². The predicted molar refractivity (Wildman–Crippen MR) is 48.8 cm³/mol. The average molecular weight is 188 g/mol. The number of unbranched alkanes of at least 4 members (excludes halogenated alkanes) is 1. The van der Waals surface area contributed by atoms with Crippen LogP contribution < -0.4 is 22.1 Å². The molecule has 6 nitrogen and oxygen atoms in total. The molecule has 0 rings (SSSR count). The van der Waals surface area contributed by atoms with Gasteiger partial charge in [-0.05, 0) is 12.8 Å². The number of nitrogens with two attached hydrogens (primary N) is 2. The molecule has 0 saturated heterocycles. The van der Waals surface area contributed by atoms with Crippen LogP contribution in [0.4, 0.5) is 9.59 Å². The minimum Gasteiger partial charge on any atom is -0.352 e. The molecular weight excluding hydrogens is 172 g/mol. The first-order chi connectivity index (χ1) is 6.06. The van der Waals surface area contributed by atoms with Crippen LogP contribution >= 0.6 is 0 Å². The molecule has 0 aromatic carbocycles. The third kappa shape index (κ3) is 6.92. The Labute approximate surface area is 77.0 Å². The Hall–Kier alpha value is -1.46. The van der Waals surface area contributed by atoms with E-state index >= 15 is 0 Å². The third-order valence-corrected chi connectivity index (χ3v) is 1.48. The number of hydrogen-bond acceptors (Lipinski definition) is 2. The fourth-order valence-corrected chi connectivity index (χ4v) is 0.932. The largest absolute Gasteiger partial charge is 0.352 e. The average Bonchev–Trinajstić information content (AvgIpc) is 1.98. The van der Waals surface area contributed by atoms with E-state index in [1.165, 1.54) is 0 Å². The van der Waals surface area contributed by atoms with Crippen molar-refractivity contribution < 1.29 is 9.59 Å². The Balaban J connectivity index is 3.87. The molecule has 0 spiro atoms. The standard InChI is InChI=1S/C7H16N4O2/c1-2-3-4-5(10-6(8)12)11-7(9)13/h5H,2-4H2,1H3,(H3,8,10,12)(H3,9,11,13). The summed E-state index contributed by atoms with van der Waals surface area (Å²) in [5.41, 5.74) is 9.80. The first kappa shape index (κ1) is 11.5. The van der Waals surface area contributed by atoms with E-state index in [0.29, 0.717) is 6.42 Å². The highest BCUT2D eigenvalue weighted by atomic mass is 16.2. The van der Waals surface area contributed by atoms with Crippen LogP contribution in [0.1, 0.15) is 26.2 Å². The summed E-state index contributed by atoms with van der Waals surface area (Å²) in [7, 11) is 0. The highest BCUT2D eigenvalue weighted by molar-refractivity contribution is 5.75. The zero-order valence-electron chi connectivity index (χ0n) is 7.67. The van der Waals surface area contributed by atoms with E-state index in [1.807, 2.05) is 6.92 Å². The van der Waals surface area contributed by atoms with Crippen molar-refractivity contribution >= 4 is 12.1 Å². The van der Waals surface area contributed by atoms with Crippen molar-refractivity contribution in [1.29, 1.82) is 0 Å². The van der Waals surface area contributed by atoms with Gasteiger partial charge in [0.05, 0.1) is 0 Å². The quantitative estimate of drug-likeness (QED) is 0.449. The Bertz CT molecular complexity index is 167. The fraction of sp³-hybridized carbons (Fsp3) is 0.714. The maximum Gasteiger partial charge on any atom is 0.313 e. The highest BCUT2D eigenvalue weighted by Gasteiger charge is 2.10. The van der Waals surface area contributed by atoms with Gasteiger partial charge in [-0.15, -0.1) is 0 Å². The zero-order valence-corrected chi connectivity index (χ0v) is 7.67. The van der Waals surface area contributed by atoms with E-state index in [9.17, 15) is 9.59 Å². The lowest BCUT2D eigenvalue weighted by Crippen LogP contribution is -2.51. The molecular formula is C7H16N4O2. The Morgan fingerprint density at radius 2 is 1.69 bits per heavy atom. The molecule has 0 aliphatic rings. The second-order valence-electron chi connectivity index (χ2n) is 2.71. The number of carbonyl (C=O) groups excluding carboxylic acids is 2. The van der Waals surface area contributed by atoms with E-state index in [4.69, 9.17) is 11.5 Å². The molecule has 0 unspecified atom stereocenters. The van der Waals surface area contributed by atoms with Crippen molar-refractivity contribution in [2.24, 2.45) is 11.5 Å². The second-order valence-corrected chi connectivity index (χ2v) is 2.71. The predicted octanol–water partition coefficient (Wildman–Crippen LogP) is -0.161. The number of rotatable bonds is 5. The van der Waals surface area contributed by atoms with Gasteiger partial charge in [0.2, 0.25) is 0 Å². The van der Waals surface area contributed by atoms with Crippen LogP contribution in [0.2, 0.25) is 0 Å². The van der Waals surface area contributed by atoms with Gasteiger partial charge in [-0.25, -0.2) is 9.59 Å². The van der Waals surface area contributed by atoms with Crippen molar-refractivity contribution in [3.05, 3.63) is 0 Å². The lowest BCUT2D eigenvalue weighted by Gasteiger charge is -2.17. The van der Waals surface area contributed by atoms with Gasteiger partial charge < -0.3 is 22.1 Å². The van der Waals surface area contributed by atoms with Crippen LogP contribution in [0, 0.1) is 0 Å². The zero-order chi connectivity index (χ0) is 10.3. The summed E-state index contributed by atoms with van der Waals surface area (Å²) in [5.74, 6) is 0. The van der Waals surface area contributed by atoms with E-state index in [-0.39, 0.29) is 0 Å². The fourth-order valence-electron chi connectivity index (χ4n) is 0.932. The number of nitrogens with one attached hydrogen (secondary N) is 2. The minimum atomic E-state index is -0.671. The van der Waals surface area contributed by atoms with Gasteiger partial charge in [-0.2, -0.15) is 0 Å². The van der Waals surface area contributed by atoms with Gasteiger partial charge in [0.1, 0.15) is 6.17 Å². The Morgan fingerprint density at radius 1 is 1.23 bits per heavy atom. The minimum absolute atomic E-state index is 0.463. The van der Waals surface area contributed by atoms with Crippen molar-refractivity contribution in [2.45, 2.75) is 32.4 Å². The van der Waals surface area contributed by atoms with Gasteiger partial charge in [0.25, 0.3) is 0 Å². The number of hydrogen-bond donors (Lipinski definition) is 4. The molecule has 0 aliphatic carbocycles. The first-order valence-corrected chi connectivity index (χ1v) is 4.18. The van der Waals surface area contributed by atoms with Crippen molar-refractivity contribution in [2.75, 3.05) is 0 Å². The molecule has 13 heavy (non-hydrogen) atoms. The summed E-state index contributed by atoms with van der Waals surface area (Å²) in [4.78, 5) is 20.9. The number of amides is 4. The Morgan fingerprint density at radius 3 is 2.00 bits per heavy atom. The van der Waals surface area contributed by atoms with Gasteiger partial charge in [0.15, 0.2) is 0 Å². The second kappa shape index (κ2) is 6.10. The van der Waals surface area contributed by atoms with Crippen molar-refractivity contribution in [3.63, 3.8) is 0 Å². The van der Waals surface area contributed by atoms with Crippen LogP contribution in [0.5, 0.6) is 0 Å². The summed E-state index contributed by atoms with van der Waals surface area (Å²) in [6, 6.07) is -1.34. The number of primary amides is 2. The summed E-state index contributed by atoms with van der Waals surface area (Å²) in [5, 5.41) is 4.75. The van der Waals surface area contributed by atoms with E-state index in [1.54, 1.807) is 0 Å². The molecule has 0 aliphatic heterocycles. The van der Waals surface area contributed by atoms with Crippen LogP contribution in [-0.4, -0.2) is 18.2 Å². The van der Waals surface area contributed by atoms with Gasteiger partial charge in [0, 0.05) is 0 Å². The molecule has 0 aromatic rings. The topological polar surface area (TPSA) is 110 Å². The molecule has 0 saturated carbocycles. The summed E-state index contributed by atoms with van der Waals surface area (Å²) in [6.07, 6.45) is 2.01. The lowest BCUT2D eigenvalue weighted by molar-refractivity contribution is 0.233. The maximum absolute atomic E-state index is 10.5. The van der Waals surface area contributed by atoms with Gasteiger partial charge in [-0.3, -0.25) is 0 Å². The maximum atomic E-state index is 10.5. The molecule has 6 heteroatoms. The molecule has 0 bridgehead atoms. The van der Waals surface area contributed by atoms with Crippen molar-refractivity contribution in [1.82, 2.24) is 10.6 Å². The van der Waals surface area contributed by atoms with Crippen LogP contribution in [0.3, 0.4) is 0 Å². The van der Waals surface area contributed by atoms with Gasteiger partial charge >= 0.3 is 12.1 Å². The molecule has 76 valence electrons. The third-order valence-electron chi connectivity index (χ3n) is 1.48. The summed E-state index contributed by atoms with van der Waals surface area (Å²) >= 11 is 0. The molecule has 0 fully saturated rings. The molecule has 0 atom stereocenters. The van der Waals surface area contributed by atoms with E-state index in [2.05, 4.69) is 10.6 Å².